The maximum absolute atomic E-state index is 11.8. The summed E-state index contributed by atoms with van der Waals surface area (Å²) in [5, 5.41) is 3.80. The van der Waals surface area contributed by atoms with Gasteiger partial charge in [-0.05, 0) is 25.7 Å². The van der Waals surface area contributed by atoms with Gasteiger partial charge in [0.25, 0.3) is 0 Å². The first-order valence-corrected chi connectivity index (χ1v) is 8.75. The smallest absolute Gasteiger partial charge is 0.230 e. The molecule has 0 radical (unpaired) electrons. The number of carbonyl (C=O) groups is 1. The Hall–Kier alpha value is -1.30. The molecule has 1 aliphatic rings. The molecule has 0 unspecified atom stereocenters. The highest BCUT2D eigenvalue weighted by Gasteiger charge is 2.17. The van der Waals surface area contributed by atoms with Crippen LogP contribution in [0.2, 0.25) is 0 Å². The van der Waals surface area contributed by atoms with Gasteiger partial charge < -0.3 is 10.2 Å². The number of aromatic nitrogens is 2. The summed E-state index contributed by atoms with van der Waals surface area (Å²) < 4.78 is 0. The van der Waals surface area contributed by atoms with E-state index < -0.39 is 0 Å². The van der Waals surface area contributed by atoms with E-state index in [1.165, 1.54) is 31.0 Å². The van der Waals surface area contributed by atoms with Gasteiger partial charge in [-0.15, -0.1) is 0 Å². The lowest BCUT2D eigenvalue weighted by Gasteiger charge is -2.28. The Morgan fingerprint density at radius 2 is 2.05 bits per heavy atom. The van der Waals surface area contributed by atoms with Crippen molar-refractivity contribution in [2.24, 2.45) is 0 Å². The summed E-state index contributed by atoms with van der Waals surface area (Å²) in [5.41, 5.74) is 0. The zero-order chi connectivity index (χ0) is 14.9. The number of rotatable bonds is 7. The summed E-state index contributed by atoms with van der Waals surface area (Å²) in [6, 6.07) is 0. The summed E-state index contributed by atoms with van der Waals surface area (Å²) in [5.74, 6) is 1.41. The van der Waals surface area contributed by atoms with Crippen LogP contribution in [0.25, 0.3) is 0 Å². The van der Waals surface area contributed by atoms with Gasteiger partial charge in [0, 0.05) is 32.0 Å². The lowest BCUT2D eigenvalue weighted by Crippen LogP contribution is -2.31. The third-order valence-corrected chi connectivity index (χ3v) is 4.46. The van der Waals surface area contributed by atoms with Gasteiger partial charge in [-0.1, -0.05) is 25.1 Å². The van der Waals surface area contributed by atoms with Crippen LogP contribution in [0, 0.1) is 0 Å². The van der Waals surface area contributed by atoms with Crippen LogP contribution in [-0.4, -0.2) is 41.3 Å². The summed E-state index contributed by atoms with van der Waals surface area (Å²) >= 11 is 1.48. The first-order chi connectivity index (χ1) is 10.3. The average Bonchev–Trinajstić information content (AvgIpc) is 2.54. The number of carbonyl (C=O) groups excluding carboxylic acids is 1. The molecule has 116 valence electrons. The summed E-state index contributed by atoms with van der Waals surface area (Å²) in [4.78, 5) is 22.9. The van der Waals surface area contributed by atoms with Crippen molar-refractivity contribution in [3.63, 3.8) is 0 Å². The molecule has 1 aromatic heterocycles. The number of nitrogens with zero attached hydrogens (tertiary/aromatic N) is 3. The van der Waals surface area contributed by atoms with Crippen molar-refractivity contribution in [3.05, 3.63) is 12.4 Å². The first-order valence-electron chi connectivity index (χ1n) is 7.76. The maximum Gasteiger partial charge on any atom is 0.230 e. The predicted octanol–water partition coefficient (Wildman–Crippen LogP) is 2.48. The number of anilines is 1. The number of hydrogen-bond acceptors (Lipinski definition) is 5. The van der Waals surface area contributed by atoms with Crippen molar-refractivity contribution in [1.29, 1.82) is 0 Å². The van der Waals surface area contributed by atoms with E-state index in [2.05, 4.69) is 27.1 Å². The lowest BCUT2D eigenvalue weighted by atomic mass is 10.1. The molecule has 0 saturated carbocycles. The van der Waals surface area contributed by atoms with Gasteiger partial charge in [-0.2, -0.15) is 0 Å². The number of hydrogen-bond donors (Lipinski definition) is 1. The van der Waals surface area contributed by atoms with Crippen molar-refractivity contribution in [3.8, 4) is 0 Å². The van der Waals surface area contributed by atoms with E-state index in [-0.39, 0.29) is 5.91 Å². The topological polar surface area (TPSA) is 58.1 Å². The van der Waals surface area contributed by atoms with Crippen LogP contribution in [0.3, 0.4) is 0 Å². The van der Waals surface area contributed by atoms with Crippen LogP contribution in [0.1, 0.15) is 39.0 Å². The van der Waals surface area contributed by atoms with Gasteiger partial charge in [-0.25, -0.2) is 9.97 Å². The highest BCUT2D eigenvalue weighted by atomic mass is 32.2. The molecule has 21 heavy (non-hydrogen) atoms. The van der Waals surface area contributed by atoms with Crippen molar-refractivity contribution < 1.29 is 4.79 Å². The van der Waals surface area contributed by atoms with Crippen molar-refractivity contribution in [2.75, 3.05) is 30.3 Å². The SMILES string of the molecule is CCCCNC(=O)CSc1nccnc1N1CCCCC1. The van der Waals surface area contributed by atoms with E-state index in [1.54, 1.807) is 12.4 Å². The second kappa shape index (κ2) is 8.87. The number of amides is 1. The molecule has 6 heteroatoms. The summed E-state index contributed by atoms with van der Waals surface area (Å²) in [6.07, 6.45) is 9.26. The molecule has 0 aliphatic carbocycles. The molecule has 1 saturated heterocycles. The number of thioether (sulfide) groups is 1. The molecule has 0 atom stereocenters. The fourth-order valence-corrected chi connectivity index (χ4v) is 3.15. The highest BCUT2D eigenvalue weighted by molar-refractivity contribution is 8.00. The fraction of sp³-hybridized carbons (Fsp3) is 0.667. The van der Waals surface area contributed by atoms with E-state index in [0.29, 0.717) is 5.75 Å². The summed E-state index contributed by atoms with van der Waals surface area (Å²) in [7, 11) is 0. The molecule has 0 spiro atoms. The number of piperidine rings is 1. The van der Waals surface area contributed by atoms with Crippen LogP contribution in [0.5, 0.6) is 0 Å². The Morgan fingerprint density at radius 3 is 2.81 bits per heavy atom. The van der Waals surface area contributed by atoms with Crippen molar-refractivity contribution in [1.82, 2.24) is 15.3 Å². The van der Waals surface area contributed by atoms with E-state index >= 15 is 0 Å². The highest BCUT2D eigenvalue weighted by Crippen LogP contribution is 2.27. The van der Waals surface area contributed by atoms with Crippen LogP contribution in [-0.2, 0) is 4.79 Å². The van der Waals surface area contributed by atoms with E-state index in [4.69, 9.17) is 0 Å². The second-order valence-electron chi connectivity index (χ2n) is 5.22. The minimum absolute atomic E-state index is 0.0729. The van der Waals surface area contributed by atoms with Crippen LogP contribution in [0.15, 0.2) is 17.4 Å². The maximum atomic E-state index is 11.8. The van der Waals surface area contributed by atoms with E-state index in [9.17, 15) is 4.79 Å². The molecule has 2 heterocycles. The minimum Gasteiger partial charge on any atom is -0.355 e. The predicted molar refractivity (Wildman–Crippen MR) is 86.7 cm³/mol. The van der Waals surface area contributed by atoms with Crippen LogP contribution in [0.4, 0.5) is 5.82 Å². The zero-order valence-electron chi connectivity index (χ0n) is 12.7. The van der Waals surface area contributed by atoms with Gasteiger partial charge in [0.1, 0.15) is 5.03 Å². The van der Waals surface area contributed by atoms with Gasteiger partial charge in [0.05, 0.1) is 5.75 Å². The normalized spacial score (nSPS) is 15.0. The molecule has 1 aliphatic heterocycles. The number of unbranched alkanes of at least 4 members (excludes halogenated alkanes) is 1. The Kier molecular flexibility index (Phi) is 6.79. The Bertz CT molecular complexity index is 449. The Labute approximate surface area is 130 Å². The largest absolute Gasteiger partial charge is 0.355 e. The average molecular weight is 308 g/mol. The molecule has 0 aromatic carbocycles. The molecule has 1 aromatic rings. The molecule has 1 N–H and O–H groups in total. The molecular weight excluding hydrogens is 284 g/mol. The van der Waals surface area contributed by atoms with Crippen LogP contribution < -0.4 is 10.2 Å². The first kappa shape index (κ1) is 16.1. The molecule has 5 nitrogen and oxygen atoms in total. The Morgan fingerprint density at radius 1 is 1.29 bits per heavy atom. The molecule has 1 amide bonds. The van der Waals surface area contributed by atoms with E-state index in [0.717, 1.165) is 43.3 Å². The quantitative estimate of drug-likeness (QED) is 0.619. The zero-order valence-corrected chi connectivity index (χ0v) is 13.5. The van der Waals surface area contributed by atoms with Crippen molar-refractivity contribution in [2.45, 2.75) is 44.1 Å². The third kappa shape index (κ3) is 5.19. The van der Waals surface area contributed by atoms with E-state index in [1.807, 2.05) is 0 Å². The molecule has 2 rings (SSSR count). The van der Waals surface area contributed by atoms with Gasteiger partial charge in [-0.3, -0.25) is 4.79 Å². The number of nitrogens with one attached hydrogen (secondary N) is 1. The fourth-order valence-electron chi connectivity index (χ4n) is 2.33. The molecule has 0 bridgehead atoms. The van der Waals surface area contributed by atoms with Gasteiger partial charge in [0.15, 0.2) is 5.82 Å². The molecular formula is C15H24N4OS. The van der Waals surface area contributed by atoms with Gasteiger partial charge in [0.2, 0.25) is 5.91 Å². The van der Waals surface area contributed by atoms with Crippen molar-refractivity contribution >= 4 is 23.5 Å². The third-order valence-electron chi connectivity index (χ3n) is 3.49. The molecule has 1 fully saturated rings. The summed E-state index contributed by atoms with van der Waals surface area (Å²) in [6.45, 7) is 4.95. The standard InChI is InChI=1S/C15H24N4OS/c1-2-3-7-16-13(20)12-21-15-14(17-8-9-18-15)19-10-5-4-6-11-19/h8-9H,2-7,10-12H2,1H3,(H,16,20). The lowest BCUT2D eigenvalue weighted by molar-refractivity contribution is -0.118. The van der Waals surface area contributed by atoms with Gasteiger partial charge >= 0.3 is 0 Å². The Balaban J connectivity index is 1.89. The second-order valence-corrected chi connectivity index (χ2v) is 6.19. The van der Waals surface area contributed by atoms with Crippen LogP contribution >= 0.6 is 11.8 Å². The minimum atomic E-state index is 0.0729. The monoisotopic (exact) mass is 308 g/mol.